The molecule has 1 aromatic carbocycles. The van der Waals surface area contributed by atoms with Crippen molar-refractivity contribution in [3.63, 3.8) is 0 Å². The predicted octanol–water partition coefficient (Wildman–Crippen LogP) is 2.68. The van der Waals surface area contributed by atoms with Crippen molar-refractivity contribution in [3.8, 4) is 5.88 Å². The molecule has 0 aliphatic carbocycles. The zero-order valence-corrected chi connectivity index (χ0v) is 12.0. The fourth-order valence-electron chi connectivity index (χ4n) is 2.00. The van der Waals surface area contributed by atoms with Crippen LogP contribution in [0, 0.1) is 0 Å². The zero-order chi connectivity index (χ0) is 15.4. The Morgan fingerprint density at radius 2 is 2.05 bits per heavy atom. The minimum Gasteiger partial charge on any atom is -0.477 e. The number of carbonyl (C=O) groups excluding carboxylic acids is 1. The van der Waals surface area contributed by atoms with Crippen molar-refractivity contribution in [3.05, 3.63) is 54.4 Å². The molecule has 3 aromatic rings. The highest BCUT2D eigenvalue weighted by atomic mass is 16.5. The van der Waals surface area contributed by atoms with Crippen molar-refractivity contribution >= 4 is 22.5 Å². The molecular weight excluding hydrogens is 280 g/mol. The van der Waals surface area contributed by atoms with E-state index in [1.54, 1.807) is 18.3 Å². The molecule has 0 saturated heterocycles. The number of anilines is 1. The fraction of sp³-hybridized carbons (Fsp3) is 0.125. The monoisotopic (exact) mass is 294 g/mol. The van der Waals surface area contributed by atoms with Crippen molar-refractivity contribution < 1.29 is 9.53 Å². The minimum atomic E-state index is -0.340. The van der Waals surface area contributed by atoms with Gasteiger partial charge in [0.2, 0.25) is 5.88 Å². The van der Waals surface area contributed by atoms with Crippen LogP contribution in [0.4, 0.5) is 5.69 Å². The second-order valence-corrected chi connectivity index (χ2v) is 4.56. The molecule has 0 aliphatic heterocycles. The SMILES string of the molecule is CCOc1ccc(C(=O)Nc2cnc3ccccc3c2)nn1. The zero-order valence-electron chi connectivity index (χ0n) is 12.0. The van der Waals surface area contributed by atoms with E-state index in [1.165, 1.54) is 0 Å². The summed E-state index contributed by atoms with van der Waals surface area (Å²) in [5.41, 5.74) is 1.71. The first-order valence-electron chi connectivity index (χ1n) is 6.89. The van der Waals surface area contributed by atoms with Crippen molar-refractivity contribution in [1.29, 1.82) is 0 Å². The summed E-state index contributed by atoms with van der Waals surface area (Å²) in [4.78, 5) is 16.4. The molecule has 110 valence electrons. The number of nitrogens with one attached hydrogen (secondary N) is 1. The molecule has 22 heavy (non-hydrogen) atoms. The van der Waals surface area contributed by atoms with Crippen LogP contribution in [0.15, 0.2) is 48.7 Å². The number of benzene rings is 1. The van der Waals surface area contributed by atoms with Crippen molar-refractivity contribution in [2.75, 3.05) is 11.9 Å². The minimum absolute atomic E-state index is 0.219. The molecule has 0 bridgehead atoms. The van der Waals surface area contributed by atoms with Gasteiger partial charge in [-0.1, -0.05) is 18.2 Å². The third kappa shape index (κ3) is 3.01. The maximum Gasteiger partial charge on any atom is 0.276 e. The average molecular weight is 294 g/mol. The molecule has 1 N–H and O–H groups in total. The van der Waals surface area contributed by atoms with Gasteiger partial charge in [-0.25, -0.2) is 0 Å². The average Bonchev–Trinajstić information content (AvgIpc) is 2.56. The second kappa shape index (κ2) is 6.17. The lowest BCUT2D eigenvalue weighted by Crippen LogP contribution is -2.14. The lowest BCUT2D eigenvalue weighted by atomic mass is 10.2. The van der Waals surface area contributed by atoms with Gasteiger partial charge in [0.15, 0.2) is 5.69 Å². The summed E-state index contributed by atoms with van der Waals surface area (Å²) >= 11 is 0. The van der Waals surface area contributed by atoms with Crippen LogP contribution < -0.4 is 10.1 Å². The van der Waals surface area contributed by atoms with Crippen LogP contribution in [0.25, 0.3) is 10.9 Å². The third-order valence-corrected chi connectivity index (χ3v) is 3.01. The van der Waals surface area contributed by atoms with Crippen LogP contribution in [-0.4, -0.2) is 27.7 Å². The molecule has 0 atom stereocenters. The van der Waals surface area contributed by atoms with E-state index in [2.05, 4.69) is 20.5 Å². The molecule has 0 aliphatic rings. The smallest absolute Gasteiger partial charge is 0.276 e. The maximum atomic E-state index is 12.1. The van der Waals surface area contributed by atoms with E-state index >= 15 is 0 Å². The molecule has 0 radical (unpaired) electrons. The van der Waals surface area contributed by atoms with Gasteiger partial charge in [0, 0.05) is 11.5 Å². The Kier molecular flexibility index (Phi) is 3.91. The lowest BCUT2D eigenvalue weighted by Gasteiger charge is -2.06. The number of amides is 1. The fourth-order valence-corrected chi connectivity index (χ4v) is 2.00. The van der Waals surface area contributed by atoms with Gasteiger partial charge in [-0.15, -0.1) is 10.2 Å². The van der Waals surface area contributed by atoms with E-state index in [0.29, 0.717) is 18.2 Å². The van der Waals surface area contributed by atoms with Crippen molar-refractivity contribution in [2.45, 2.75) is 6.92 Å². The molecule has 3 rings (SSSR count). The van der Waals surface area contributed by atoms with Crippen molar-refractivity contribution in [2.24, 2.45) is 0 Å². The number of aromatic nitrogens is 3. The quantitative estimate of drug-likeness (QED) is 0.800. The highest BCUT2D eigenvalue weighted by Gasteiger charge is 2.09. The number of rotatable bonds is 4. The van der Waals surface area contributed by atoms with E-state index in [9.17, 15) is 4.79 Å². The number of ether oxygens (including phenoxy) is 1. The first-order valence-corrected chi connectivity index (χ1v) is 6.89. The van der Waals surface area contributed by atoms with Gasteiger partial charge in [-0.05, 0) is 25.1 Å². The molecule has 0 unspecified atom stereocenters. The predicted molar refractivity (Wildman–Crippen MR) is 82.9 cm³/mol. The summed E-state index contributed by atoms with van der Waals surface area (Å²) in [6.07, 6.45) is 1.61. The molecule has 6 heteroatoms. The highest BCUT2D eigenvalue weighted by Crippen LogP contribution is 2.16. The number of para-hydroxylation sites is 1. The lowest BCUT2D eigenvalue weighted by molar-refractivity contribution is 0.102. The van der Waals surface area contributed by atoms with E-state index in [1.807, 2.05) is 37.3 Å². The molecule has 0 spiro atoms. The summed E-state index contributed by atoms with van der Waals surface area (Å²) < 4.78 is 5.19. The Hall–Kier alpha value is -3.02. The molecule has 6 nitrogen and oxygen atoms in total. The number of pyridine rings is 1. The largest absolute Gasteiger partial charge is 0.477 e. The Morgan fingerprint density at radius 3 is 2.82 bits per heavy atom. The summed E-state index contributed by atoms with van der Waals surface area (Å²) in [7, 11) is 0. The van der Waals surface area contributed by atoms with E-state index < -0.39 is 0 Å². The highest BCUT2D eigenvalue weighted by molar-refractivity contribution is 6.03. The van der Waals surface area contributed by atoms with Gasteiger partial charge in [-0.2, -0.15) is 0 Å². The molecular formula is C16H14N4O2. The Labute approximate surface area is 127 Å². The number of hydrogen-bond donors (Lipinski definition) is 1. The van der Waals surface area contributed by atoms with Crippen LogP contribution >= 0.6 is 0 Å². The Balaban J connectivity index is 1.77. The molecule has 0 fully saturated rings. The van der Waals surface area contributed by atoms with Crippen LogP contribution in [0.3, 0.4) is 0 Å². The number of fused-ring (bicyclic) bond motifs is 1. The molecule has 2 heterocycles. The van der Waals surface area contributed by atoms with Gasteiger partial charge >= 0.3 is 0 Å². The van der Waals surface area contributed by atoms with Gasteiger partial charge in [-0.3, -0.25) is 9.78 Å². The molecule has 0 saturated carbocycles. The van der Waals surface area contributed by atoms with E-state index in [-0.39, 0.29) is 11.6 Å². The number of nitrogens with zero attached hydrogens (tertiary/aromatic N) is 3. The maximum absolute atomic E-state index is 12.1. The topological polar surface area (TPSA) is 77.0 Å². The first kappa shape index (κ1) is 13.9. The van der Waals surface area contributed by atoms with Gasteiger partial charge in [0.25, 0.3) is 5.91 Å². The van der Waals surface area contributed by atoms with Crippen LogP contribution in [-0.2, 0) is 0 Å². The Bertz CT molecular complexity index is 803. The van der Waals surface area contributed by atoms with E-state index in [4.69, 9.17) is 4.74 Å². The number of carbonyl (C=O) groups is 1. The summed E-state index contributed by atoms with van der Waals surface area (Å²) in [6, 6.07) is 12.7. The number of hydrogen-bond acceptors (Lipinski definition) is 5. The third-order valence-electron chi connectivity index (χ3n) is 3.01. The van der Waals surface area contributed by atoms with Gasteiger partial charge in [0.05, 0.1) is 24.0 Å². The first-order chi connectivity index (χ1) is 10.8. The van der Waals surface area contributed by atoms with Crippen LogP contribution in [0.5, 0.6) is 5.88 Å². The van der Waals surface area contributed by atoms with Crippen molar-refractivity contribution in [1.82, 2.24) is 15.2 Å². The van der Waals surface area contributed by atoms with E-state index in [0.717, 1.165) is 10.9 Å². The second-order valence-electron chi connectivity index (χ2n) is 4.56. The summed E-state index contributed by atoms with van der Waals surface area (Å²) in [5, 5.41) is 11.4. The van der Waals surface area contributed by atoms with Gasteiger partial charge in [0.1, 0.15) is 0 Å². The Morgan fingerprint density at radius 1 is 1.18 bits per heavy atom. The normalized spacial score (nSPS) is 10.4. The molecule has 1 amide bonds. The standard InChI is InChI=1S/C16H14N4O2/c1-2-22-15-8-7-14(19-20-15)16(21)18-12-9-11-5-3-4-6-13(11)17-10-12/h3-10H,2H2,1H3,(H,18,21). The van der Waals surface area contributed by atoms with Crippen LogP contribution in [0.1, 0.15) is 17.4 Å². The van der Waals surface area contributed by atoms with Crippen LogP contribution in [0.2, 0.25) is 0 Å². The summed E-state index contributed by atoms with van der Waals surface area (Å²) in [5.74, 6) is 0.0547. The van der Waals surface area contributed by atoms with Gasteiger partial charge < -0.3 is 10.1 Å². The molecule has 2 aromatic heterocycles. The summed E-state index contributed by atoms with van der Waals surface area (Å²) in [6.45, 7) is 2.36.